The maximum Gasteiger partial charge on any atom is 0.115 e. The van der Waals surface area contributed by atoms with Gasteiger partial charge in [0.15, 0.2) is 0 Å². The number of hydrogen-bond donors (Lipinski definition) is 2. The van der Waals surface area contributed by atoms with Crippen LogP contribution in [0.25, 0.3) is 0 Å². The number of benzene rings is 2. The number of halogens is 1. The minimum atomic E-state index is -1.23. The number of rotatable bonds is 4. The van der Waals surface area contributed by atoms with Crippen LogP contribution >= 0.6 is 11.6 Å². The molecular weight excluding hydrogens is 322 g/mol. The number of nitrogens with zero attached hydrogens (tertiary/aromatic N) is 1. The van der Waals surface area contributed by atoms with E-state index in [0.717, 1.165) is 11.3 Å². The lowest BCUT2D eigenvalue weighted by molar-refractivity contribution is 0.0380. The van der Waals surface area contributed by atoms with Crippen molar-refractivity contribution in [3.63, 3.8) is 0 Å². The molecular formula is C20H18ClNO2. The third-order valence-corrected chi connectivity index (χ3v) is 4.42. The summed E-state index contributed by atoms with van der Waals surface area (Å²) < 4.78 is 0. The Hall–Kier alpha value is -2.36. The third kappa shape index (κ3) is 3.28. The molecule has 3 nitrogen and oxygen atoms in total. The van der Waals surface area contributed by atoms with Gasteiger partial charge in [-0.15, -0.1) is 0 Å². The Morgan fingerprint density at radius 3 is 2.38 bits per heavy atom. The van der Waals surface area contributed by atoms with Crippen LogP contribution in [0.2, 0.25) is 5.02 Å². The van der Waals surface area contributed by atoms with Gasteiger partial charge in [0.05, 0.1) is 17.2 Å². The van der Waals surface area contributed by atoms with Crippen molar-refractivity contribution in [2.75, 3.05) is 0 Å². The van der Waals surface area contributed by atoms with E-state index in [9.17, 15) is 10.2 Å². The SMILES string of the molecule is CC(O)(c1cccc(Cl)c1)C(c1ccc(O)cc1)c1ccccn1. The quantitative estimate of drug-likeness (QED) is 0.736. The molecule has 122 valence electrons. The Bertz CT molecular complexity index is 817. The van der Waals surface area contributed by atoms with Crippen molar-refractivity contribution in [2.24, 2.45) is 0 Å². The molecule has 0 aliphatic carbocycles. The van der Waals surface area contributed by atoms with Gasteiger partial charge in [-0.05, 0) is 54.4 Å². The molecule has 0 radical (unpaired) electrons. The minimum absolute atomic E-state index is 0.181. The molecule has 2 atom stereocenters. The summed E-state index contributed by atoms with van der Waals surface area (Å²) in [5, 5.41) is 21.5. The molecule has 1 heterocycles. The molecule has 2 aromatic carbocycles. The van der Waals surface area contributed by atoms with Crippen LogP contribution in [0.15, 0.2) is 72.9 Å². The predicted octanol–water partition coefficient (Wildman–Crippen LogP) is 4.48. The summed E-state index contributed by atoms with van der Waals surface area (Å²) in [4.78, 5) is 4.44. The Morgan fingerprint density at radius 2 is 1.75 bits per heavy atom. The summed E-state index contributed by atoms with van der Waals surface area (Å²) >= 11 is 6.11. The van der Waals surface area contributed by atoms with Gasteiger partial charge in [0.2, 0.25) is 0 Å². The molecule has 0 saturated carbocycles. The Kier molecular flexibility index (Phi) is 4.56. The molecule has 24 heavy (non-hydrogen) atoms. The van der Waals surface area contributed by atoms with Crippen LogP contribution < -0.4 is 0 Å². The summed E-state index contributed by atoms with van der Waals surface area (Å²) in [7, 11) is 0. The van der Waals surface area contributed by atoms with Crippen LogP contribution in [0.4, 0.5) is 0 Å². The summed E-state index contributed by atoms with van der Waals surface area (Å²) in [6.07, 6.45) is 1.71. The first-order chi connectivity index (χ1) is 11.5. The normalized spacial score (nSPS) is 14.8. The number of hydrogen-bond acceptors (Lipinski definition) is 3. The average Bonchev–Trinajstić information content (AvgIpc) is 2.58. The van der Waals surface area contributed by atoms with Gasteiger partial charge in [-0.3, -0.25) is 4.98 Å². The lowest BCUT2D eigenvalue weighted by Crippen LogP contribution is -2.31. The highest BCUT2D eigenvalue weighted by atomic mass is 35.5. The van der Waals surface area contributed by atoms with Crippen molar-refractivity contribution in [1.82, 2.24) is 4.98 Å². The topological polar surface area (TPSA) is 53.4 Å². The standard InChI is InChI=1S/C20H18ClNO2/c1-20(24,15-5-4-6-16(21)13-15)19(18-7-2-3-12-22-18)14-8-10-17(23)11-9-14/h2-13,19,23-24H,1H3. The fourth-order valence-corrected chi connectivity index (χ4v) is 3.16. The van der Waals surface area contributed by atoms with Gasteiger partial charge in [0, 0.05) is 11.2 Å². The van der Waals surface area contributed by atoms with E-state index in [1.807, 2.05) is 30.3 Å². The number of phenols is 1. The summed E-state index contributed by atoms with van der Waals surface area (Å²) in [5.41, 5.74) is 1.08. The van der Waals surface area contributed by atoms with Gasteiger partial charge in [0.1, 0.15) is 5.75 Å². The number of aromatic nitrogens is 1. The van der Waals surface area contributed by atoms with Gasteiger partial charge in [0.25, 0.3) is 0 Å². The van der Waals surface area contributed by atoms with Crippen LogP contribution in [0.1, 0.15) is 29.7 Å². The number of aromatic hydroxyl groups is 1. The van der Waals surface area contributed by atoms with E-state index in [-0.39, 0.29) is 5.75 Å². The molecule has 2 unspecified atom stereocenters. The summed E-state index contributed by atoms with van der Waals surface area (Å²) in [6.45, 7) is 1.75. The van der Waals surface area contributed by atoms with Crippen molar-refractivity contribution in [3.8, 4) is 5.75 Å². The largest absolute Gasteiger partial charge is 0.508 e. The molecule has 0 saturated heterocycles. The first-order valence-electron chi connectivity index (χ1n) is 7.67. The highest BCUT2D eigenvalue weighted by molar-refractivity contribution is 6.30. The van der Waals surface area contributed by atoms with E-state index in [4.69, 9.17) is 11.6 Å². The minimum Gasteiger partial charge on any atom is -0.508 e. The molecule has 4 heteroatoms. The van der Waals surface area contributed by atoms with E-state index in [1.54, 1.807) is 49.5 Å². The van der Waals surface area contributed by atoms with Crippen molar-refractivity contribution in [2.45, 2.75) is 18.4 Å². The Morgan fingerprint density at radius 1 is 1.00 bits per heavy atom. The highest BCUT2D eigenvalue weighted by Crippen LogP contribution is 2.41. The van der Waals surface area contributed by atoms with Crippen LogP contribution in [0.3, 0.4) is 0 Å². The molecule has 0 fully saturated rings. The highest BCUT2D eigenvalue weighted by Gasteiger charge is 2.37. The second kappa shape index (κ2) is 6.63. The predicted molar refractivity (Wildman–Crippen MR) is 95.2 cm³/mol. The second-order valence-corrected chi connectivity index (χ2v) is 6.37. The monoisotopic (exact) mass is 339 g/mol. The zero-order valence-corrected chi connectivity index (χ0v) is 14.0. The maximum atomic E-state index is 11.4. The lowest BCUT2D eigenvalue weighted by Gasteiger charge is -2.33. The Balaban J connectivity index is 2.15. The summed E-state index contributed by atoms with van der Waals surface area (Å²) in [6, 6.07) is 19.6. The van der Waals surface area contributed by atoms with E-state index in [2.05, 4.69) is 4.98 Å². The molecule has 0 spiro atoms. The molecule has 2 N–H and O–H groups in total. The van der Waals surface area contributed by atoms with Crippen LogP contribution in [-0.2, 0) is 5.60 Å². The summed E-state index contributed by atoms with van der Waals surface area (Å²) in [5.74, 6) is -0.223. The lowest BCUT2D eigenvalue weighted by atomic mass is 9.76. The van der Waals surface area contributed by atoms with Crippen LogP contribution in [-0.4, -0.2) is 15.2 Å². The van der Waals surface area contributed by atoms with Crippen LogP contribution in [0, 0.1) is 0 Å². The second-order valence-electron chi connectivity index (χ2n) is 5.94. The first kappa shape index (κ1) is 16.5. The number of pyridine rings is 1. The average molecular weight is 340 g/mol. The zero-order valence-electron chi connectivity index (χ0n) is 13.2. The molecule has 0 bridgehead atoms. The van der Waals surface area contributed by atoms with Gasteiger partial charge >= 0.3 is 0 Å². The van der Waals surface area contributed by atoms with Crippen molar-refractivity contribution < 1.29 is 10.2 Å². The molecule has 0 aliphatic heterocycles. The number of phenolic OH excluding ortho intramolecular Hbond substituents is 1. The van der Waals surface area contributed by atoms with E-state index in [0.29, 0.717) is 10.6 Å². The molecule has 0 amide bonds. The third-order valence-electron chi connectivity index (χ3n) is 4.18. The van der Waals surface area contributed by atoms with E-state index >= 15 is 0 Å². The molecule has 3 rings (SSSR count). The van der Waals surface area contributed by atoms with E-state index < -0.39 is 11.5 Å². The maximum absolute atomic E-state index is 11.4. The fraction of sp³-hybridized carbons (Fsp3) is 0.150. The Labute approximate surface area is 146 Å². The van der Waals surface area contributed by atoms with Gasteiger partial charge in [-0.2, -0.15) is 0 Å². The smallest absolute Gasteiger partial charge is 0.115 e. The molecule has 0 aliphatic rings. The number of aliphatic hydroxyl groups is 1. The zero-order chi connectivity index (χ0) is 17.2. The van der Waals surface area contributed by atoms with Gasteiger partial charge in [-0.1, -0.05) is 41.9 Å². The molecule has 1 aromatic heterocycles. The van der Waals surface area contributed by atoms with Crippen molar-refractivity contribution >= 4 is 11.6 Å². The van der Waals surface area contributed by atoms with Crippen LogP contribution in [0.5, 0.6) is 5.75 Å². The van der Waals surface area contributed by atoms with E-state index in [1.165, 1.54) is 0 Å². The molecule has 3 aromatic rings. The van der Waals surface area contributed by atoms with Crippen molar-refractivity contribution in [1.29, 1.82) is 0 Å². The van der Waals surface area contributed by atoms with Crippen molar-refractivity contribution in [3.05, 3.63) is 94.8 Å². The van der Waals surface area contributed by atoms with Gasteiger partial charge < -0.3 is 10.2 Å². The fourth-order valence-electron chi connectivity index (χ4n) is 2.97. The van der Waals surface area contributed by atoms with Gasteiger partial charge in [-0.25, -0.2) is 0 Å². The first-order valence-corrected chi connectivity index (χ1v) is 8.04.